The Kier molecular flexibility index (Phi) is 10.6. The van der Waals surface area contributed by atoms with Crippen LogP contribution >= 0.6 is 0 Å². The second kappa shape index (κ2) is 13.9. The molecule has 1 saturated heterocycles. The van der Waals surface area contributed by atoms with Crippen LogP contribution in [0.25, 0.3) is 0 Å². The van der Waals surface area contributed by atoms with Crippen molar-refractivity contribution in [3.63, 3.8) is 0 Å². The van der Waals surface area contributed by atoms with E-state index >= 15 is 0 Å². The molecule has 4 N–H and O–H groups in total. The van der Waals surface area contributed by atoms with Crippen LogP contribution in [-0.2, 0) is 17.8 Å². The Morgan fingerprint density at radius 2 is 1.92 bits per heavy atom. The Morgan fingerprint density at radius 3 is 2.61 bits per heavy atom. The first-order valence-corrected chi connectivity index (χ1v) is 12.6. The average molecular weight is 498 g/mol. The summed E-state index contributed by atoms with van der Waals surface area (Å²) in [6.45, 7) is 5.49. The SMILES string of the molecule is CCc1ccccc1CN(C)C[C@@H](O)CNC(=O)c1cc(NC2CCN(CC(=O)NC)CC2)ncn1. The number of anilines is 1. The van der Waals surface area contributed by atoms with Crippen molar-refractivity contribution in [2.24, 2.45) is 0 Å². The van der Waals surface area contributed by atoms with E-state index in [1.165, 1.54) is 17.5 Å². The lowest BCUT2D eigenvalue weighted by Crippen LogP contribution is -2.43. The van der Waals surface area contributed by atoms with Crippen LogP contribution in [0.1, 0.15) is 41.4 Å². The maximum Gasteiger partial charge on any atom is 0.270 e. The quantitative estimate of drug-likeness (QED) is 0.341. The van der Waals surface area contributed by atoms with Crippen molar-refractivity contribution in [3.05, 3.63) is 53.5 Å². The first-order chi connectivity index (χ1) is 17.4. The van der Waals surface area contributed by atoms with Crippen LogP contribution in [0, 0.1) is 0 Å². The van der Waals surface area contributed by atoms with Crippen molar-refractivity contribution in [1.29, 1.82) is 0 Å². The number of hydrogen-bond donors (Lipinski definition) is 4. The number of nitrogens with one attached hydrogen (secondary N) is 3. The number of nitrogens with zero attached hydrogens (tertiary/aromatic N) is 4. The number of likely N-dealkylation sites (N-methyl/N-ethyl adjacent to an activating group) is 2. The van der Waals surface area contributed by atoms with E-state index in [2.05, 4.69) is 54.8 Å². The van der Waals surface area contributed by atoms with Gasteiger partial charge in [0.25, 0.3) is 5.91 Å². The Bertz CT molecular complexity index is 995. The van der Waals surface area contributed by atoms with Crippen molar-refractivity contribution in [2.45, 2.75) is 44.9 Å². The number of carbonyl (C=O) groups excluding carboxylic acids is 2. The number of carbonyl (C=O) groups is 2. The van der Waals surface area contributed by atoms with Gasteiger partial charge in [0, 0.05) is 51.9 Å². The normalized spacial score (nSPS) is 15.5. The van der Waals surface area contributed by atoms with Gasteiger partial charge >= 0.3 is 0 Å². The highest BCUT2D eigenvalue weighted by Crippen LogP contribution is 2.15. The van der Waals surface area contributed by atoms with E-state index in [1.807, 2.05) is 19.2 Å². The molecule has 0 bridgehead atoms. The van der Waals surface area contributed by atoms with Crippen LogP contribution in [0.3, 0.4) is 0 Å². The lowest BCUT2D eigenvalue weighted by molar-refractivity contribution is -0.122. The molecule has 1 aliphatic heterocycles. The maximum atomic E-state index is 12.6. The van der Waals surface area contributed by atoms with Crippen molar-refractivity contribution in [3.8, 4) is 0 Å². The number of amides is 2. The van der Waals surface area contributed by atoms with Gasteiger partial charge in [-0.25, -0.2) is 9.97 Å². The van der Waals surface area contributed by atoms with E-state index in [-0.39, 0.29) is 30.1 Å². The number of rotatable bonds is 12. The highest BCUT2D eigenvalue weighted by molar-refractivity contribution is 5.92. The van der Waals surface area contributed by atoms with Crippen LogP contribution in [0.2, 0.25) is 0 Å². The molecular weight excluding hydrogens is 458 g/mol. The zero-order chi connectivity index (χ0) is 25.9. The van der Waals surface area contributed by atoms with Crippen molar-refractivity contribution in [2.75, 3.05) is 52.1 Å². The van der Waals surface area contributed by atoms with Gasteiger partial charge in [-0.15, -0.1) is 0 Å². The molecule has 1 atom stereocenters. The average Bonchev–Trinajstić information content (AvgIpc) is 2.88. The van der Waals surface area contributed by atoms with Crippen molar-refractivity contribution < 1.29 is 14.7 Å². The molecular formula is C26H39N7O3. The number of hydrogen-bond acceptors (Lipinski definition) is 8. The van der Waals surface area contributed by atoms with Gasteiger partial charge in [0.1, 0.15) is 17.8 Å². The number of aryl methyl sites for hydroxylation is 1. The third kappa shape index (κ3) is 8.54. The van der Waals surface area contributed by atoms with Gasteiger partial charge < -0.3 is 21.1 Å². The summed E-state index contributed by atoms with van der Waals surface area (Å²) in [6, 6.07) is 10.2. The molecule has 3 rings (SSSR count). The molecule has 36 heavy (non-hydrogen) atoms. The highest BCUT2D eigenvalue weighted by atomic mass is 16.3. The predicted molar refractivity (Wildman–Crippen MR) is 140 cm³/mol. The molecule has 1 aromatic carbocycles. The summed E-state index contributed by atoms with van der Waals surface area (Å²) in [4.78, 5) is 36.7. The fourth-order valence-corrected chi connectivity index (χ4v) is 4.42. The number of aromatic nitrogens is 2. The Hall–Kier alpha value is -3.08. The predicted octanol–water partition coefficient (Wildman–Crippen LogP) is 0.884. The Balaban J connectivity index is 1.43. The molecule has 10 nitrogen and oxygen atoms in total. The summed E-state index contributed by atoms with van der Waals surface area (Å²) in [5.41, 5.74) is 2.80. The standard InChI is InChI=1S/C26H39N7O3/c1-4-19-7-5-6-8-20(19)15-32(3)16-22(34)14-28-26(36)23-13-24(30-18-29-23)31-21-9-11-33(12-10-21)17-25(35)27-2/h5-8,13,18,21-22,34H,4,9-12,14-17H2,1-3H3,(H,27,35)(H,28,36)(H,29,30,31)/t22-/m0/s1. The monoisotopic (exact) mass is 497 g/mol. The molecule has 2 heterocycles. The van der Waals surface area contributed by atoms with E-state index in [4.69, 9.17) is 0 Å². The zero-order valence-electron chi connectivity index (χ0n) is 21.5. The molecule has 1 aliphatic rings. The molecule has 2 aromatic rings. The summed E-state index contributed by atoms with van der Waals surface area (Å²) in [6.07, 6.45) is 3.39. The topological polar surface area (TPSA) is 123 Å². The van der Waals surface area contributed by atoms with Gasteiger partial charge in [0.05, 0.1) is 12.6 Å². The number of likely N-dealkylation sites (tertiary alicyclic amines) is 1. The highest BCUT2D eigenvalue weighted by Gasteiger charge is 2.21. The van der Waals surface area contributed by atoms with E-state index < -0.39 is 6.10 Å². The fraction of sp³-hybridized carbons (Fsp3) is 0.538. The molecule has 196 valence electrons. The minimum atomic E-state index is -0.702. The summed E-state index contributed by atoms with van der Waals surface area (Å²) in [7, 11) is 3.61. The molecule has 2 amide bonds. The second-order valence-corrected chi connectivity index (χ2v) is 9.34. The van der Waals surface area contributed by atoms with Crippen LogP contribution in [-0.4, -0.2) is 95.7 Å². The van der Waals surface area contributed by atoms with Gasteiger partial charge in [-0.3, -0.25) is 19.4 Å². The van der Waals surface area contributed by atoms with Gasteiger partial charge in [-0.2, -0.15) is 0 Å². The van der Waals surface area contributed by atoms with Gasteiger partial charge in [-0.1, -0.05) is 31.2 Å². The van der Waals surface area contributed by atoms with Crippen molar-refractivity contribution >= 4 is 17.6 Å². The molecule has 0 aliphatic carbocycles. The maximum absolute atomic E-state index is 12.6. The first kappa shape index (κ1) is 27.5. The van der Waals surface area contributed by atoms with Crippen LogP contribution in [0.15, 0.2) is 36.7 Å². The number of benzene rings is 1. The smallest absolute Gasteiger partial charge is 0.270 e. The summed E-state index contributed by atoms with van der Waals surface area (Å²) in [5, 5.41) is 19.2. The number of piperidine rings is 1. The first-order valence-electron chi connectivity index (χ1n) is 12.6. The largest absolute Gasteiger partial charge is 0.390 e. The molecule has 1 aromatic heterocycles. The van der Waals surface area contributed by atoms with Crippen LogP contribution < -0.4 is 16.0 Å². The Morgan fingerprint density at radius 1 is 1.19 bits per heavy atom. The Labute approximate surface area is 213 Å². The van der Waals surface area contributed by atoms with Crippen molar-refractivity contribution in [1.82, 2.24) is 30.4 Å². The third-order valence-electron chi connectivity index (χ3n) is 6.45. The van der Waals surface area contributed by atoms with E-state index in [9.17, 15) is 14.7 Å². The van der Waals surface area contributed by atoms with Crippen LogP contribution in [0.4, 0.5) is 5.82 Å². The zero-order valence-corrected chi connectivity index (χ0v) is 21.5. The number of aliphatic hydroxyl groups is 1. The minimum Gasteiger partial charge on any atom is -0.390 e. The second-order valence-electron chi connectivity index (χ2n) is 9.34. The molecule has 1 fully saturated rings. The molecule has 0 radical (unpaired) electrons. The third-order valence-corrected chi connectivity index (χ3v) is 6.45. The summed E-state index contributed by atoms with van der Waals surface area (Å²) < 4.78 is 0. The molecule has 0 unspecified atom stereocenters. The van der Waals surface area contributed by atoms with E-state index in [0.717, 1.165) is 38.9 Å². The lowest BCUT2D eigenvalue weighted by Gasteiger charge is -2.32. The van der Waals surface area contributed by atoms with E-state index in [1.54, 1.807) is 13.1 Å². The van der Waals surface area contributed by atoms with Gasteiger partial charge in [-0.05, 0) is 37.4 Å². The molecule has 10 heteroatoms. The van der Waals surface area contributed by atoms with Gasteiger partial charge in [0.15, 0.2) is 0 Å². The summed E-state index contributed by atoms with van der Waals surface area (Å²) >= 11 is 0. The van der Waals surface area contributed by atoms with Crippen LogP contribution in [0.5, 0.6) is 0 Å². The molecule has 0 saturated carbocycles. The lowest BCUT2D eigenvalue weighted by atomic mass is 10.0. The minimum absolute atomic E-state index is 0.0199. The fourth-order valence-electron chi connectivity index (χ4n) is 4.42. The van der Waals surface area contributed by atoms with E-state index in [0.29, 0.717) is 18.9 Å². The number of aliphatic hydroxyl groups excluding tert-OH is 1. The summed E-state index contributed by atoms with van der Waals surface area (Å²) in [5.74, 6) is 0.264. The van der Waals surface area contributed by atoms with Gasteiger partial charge in [0.2, 0.25) is 5.91 Å². The molecule has 0 spiro atoms.